The number of halogens is 2. The van der Waals surface area contributed by atoms with Crippen molar-refractivity contribution in [2.75, 3.05) is 160 Å². The van der Waals surface area contributed by atoms with E-state index in [4.69, 9.17) is 28.3 Å². The number of fused-ring (bicyclic) bond motifs is 6. The molecule has 0 radical (unpaired) electrons. The molecule has 1 N–H and O–H groups in total. The Balaban J connectivity index is 0.000000130. The van der Waals surface area contributed by atoms with Gasteiger partial charge in [0.15, 0.2) is 0 Å². The topological polar surface area (TPSA) is 49.4 Å². The number of aliphatic hydroxyl groups excluding tert-OH is 1. The molecule has 0 atom stereocenters. The highest BCUT2D eigenvalue weighted by molar-refractivity contribution is 8.00. The van der Waals surface area contributed by atoms with Gasteiger partial charge in [0.1, 0.15) is 0 Å². The van der Waals surface area contributed by atoms with E-state index in [9.17, 15) is 0 Å². The zero-order valence-electron chi connectivity index (χ0n) is 44.4. The molecule has 12 rings (SSSR count). The summed E-state index contributed by atoms with van der Waals surface area (Å²) in [5, 5.41) is 10.7. The minimum atomic E-state index is 0.258. The Kier molecular flexibility index (Phi) is 19.9. The Bertz CT molecular complexity index is 2780. The molecule has 6 aliphatic rings. The van der Waals surface area contributed by atoms with Crippen LogP contribution in [0.2, 0.25) is 10.0 Å². The highest BCUT2D eigenvalue weighted by Crippen LogP contribution is 2.51. The largest absolute Gasteiger partial charge is 0.395 e. The number of piperazine rings is 3. The van der Waals surface area contributed by atoms with Crippen molar-refractivity contribution in [3.63, 3.8) is 0 Å². The van der Waals surface area contributed by atoms with Crippen LogP contribution in [-0.4, -0.2) is 180 Å². The molecule has 0 saturated carbocycles. The first-order valence-corrected chi connectivity index (χ1v) is 30.7. The summed E-state index contributed by atoms with van der Waals surface area (Å²) in [5.74, 6) is 0. The van der Waals surface area contributed by atoms with Gasteiger partial charge in [-0.25, -0.2) is 0 Å². The zero-order chi connectivity index (χ0) is 52.2. The molecule has 0 aliphatic carbocycles. The van der Waals surface area contributed by atoms with E-state index >= 15 is 0 Å². The lowest BCUT2D eigenvalue weighted by molar-refractivity contribution is 0.112. The number of likely N-dealkylation sites (N-methyl/N-ethyl adjacent to an activating group) is 2. The van der Waals surface area contributed by atoms with Crippen LogP contribution in [0.15, 0.2) is 163 Å². The smallest absolute Gasteiger partial charge is 0.0567 e. The van der Waals surface area contributed by atoms with Crippen molar-refractivity contribution in [3.8, 4) is 0 Å². The molecule has 6 aromatic carbocycles. The average Bonchev–Trinajstić information content (AvgIpc) is 3.51. The molecule has 6 aliphatic heterocycles. The molecular formula is C61H75Cl2N9OS3. The molecule has 0 spiro atoms. The first-order valence-electron chi connectivity index (χ1n) is 27.4. The Morgan fingerprint density at radius 2 is 0.618 bits per heavy atom. The number of aliphatic hydroxyl groups is 1. The Hall–Kier alpha value is -3.93. The minimum absolute atomic E-state index is 0.258. The maximum atomic E-state index is 9.08. The van der Waals surface area contributed by atoms with E-state index < -0.39 is 0 Å². The van der Waals surface area contributed by atoms with Gasteiger partial charge < -0.3 is 44.3 Å². The van der Waals surface area contributed by atoms with E-state index in [0.717, 1.165) is 88.3 Å². The summed E-state index contributed by atoms with van der Waals surface area (Å²) in [6.45, 7) is 21.5. The number of hydrogen-bond acceptors (Lipinski definition) is 13. The normalized spacial score (nSPS) is 18.0. The van der Waals surface area contributed by atoms with Crippen LogP contribution < -0.4 is 14.7 Å². The lowest BCUT2D eigenvalue weighted by Crippen LogP contribution is -2.47. The monoisotopic (exact) mass is 1120 g/mol. The fraction of sp³-hybridized carbons (Fsp3) is 0.410. The fourth-order valence-electron chi connectivity index (χ4n) is 11.0. The van der Waals surface area contributed by atoms with Crippen molar-refractivity contribution < 1.29 is 5.11 Å². The first-order chi connectivity index (χ1) is 37.3. The van der Waals surface area contributed by atoms with Crippen molar-refractivity contribution >= 4 is 92.6 Å². The van der Waals surface area contributed by atoms with E-state index in [1.165, 1.54) is 129 Å². The van der Waals surface area contributed by atoms with Gasteiger partial charge in [0.25, 0.3) is 0 Å². The summed E-state index contributed by atoms with van der Waals surface area (Å²) in [7, 11) is 4.43. The summed E-state index contributed by atoms with van der Waals surface area (Å²) in [4.78, 5) is 30.2. The fourth-order valence-corrected chi connectivity index (χ4v) is 14.6. The van der Waals surface area contributed by atoms with E-state index in [1.54, 1.807) is 0 Å². The quantitative estimate of drug-likeness (QED) is 0.113. The Labute approximate surface area is 475 Å². The summed E-state index contributed by atoms with van der Waals surface area (Å²) in [6.07, 6.45) is 3.48. The standard InChI is InChI=1S/C21H26ClN3OS.C20H24ClN3S.C20H25N3S/c22-17-6-7-21-19(16-17)25(18-4-1-2-5-20(18)27-21)9-3-8-23-10-12-24(13-11-23)14-15-26;1-22-11-13-23(14-12-22)9-4-10-24-17-5-2-3-6-19(17)25-20-8-7-16(21)15-18(20)24;1-21-13-15-22(16-14-21)11-6-12-23-17-7-2-4-9-19(17)24-20-10-5-3-8-18(20)23/h1-2,4-7,16,26H,3,8-15H2;2-3,5-8,15H,4,9-14H2,1H3;2-5,7-10H,6,11-16H2,1H3. The van der Waals surface area contributed by atoms with Gasteiger partial charge in [-0.05, 0) is 138 Å². The van der Waals surface area contributed by atoms with E-state index in [2.05, 4.69) is 180 Å². The van der Waals surface area contributed by atoms with E-state index in [1.807, 2.05) is 47.4 Å². The van der Waals surface area contributed by atoms with Crippen LogP contribution in [0, 0.1) is 0 Å². The predicted octanol–water partition coefficient (Wildman–Crippen LogP) is 12.4. The third kappa shape index (κ3) is 14.3. The van der Waals surface area contributed by atoms with Crippen LogP contribution in [-0.2, 0) is 0 Å². The van der Waals surface area contributed by atoms with Crippen LogP contribution in [0.1, 0.15) is 19.3 Å². The molecule has 3 fully saturated rings. The van der Waals surface area contributed by atoms with Gasteiger partial charge in [-0.2, -0.15) is 0 Å². The SMILES string of the molecule is CN1CCN(CCCN2c3ccccc3Sc3ccc(Cl)cc32)CC1.CN1CCN(CCCN2c3ccccc3Sc3ccccc32)CC1.OCCN1CCN(CCCN2c3ccccc3Sc3ccc(Cl)cc32)CC1. The van der Waals surface area contributed by atoms with Crippen molar-refractivity contribution in [2.24, 2.45) is 0 Å². The maximum absolute atomic E-state index is 9.08. The van der Waals surface area contributed by atoms with Gasteiger partial charge in [-0.1, -0.05) is 107 Å². The number of nitrogens with zero attached hydrogens (tertiary/aromatic N) is 9. The number of β-amino-alcohol motifs (C(OH)–C–C–N with tert-alkyl or cyclic N) is 1. The van der Waals surface area contributed by atoms with E-state index in [0.29, 0.717) is 0 Å². The van der Waals surface area contributed by atoms with Gasteiger partial charge in [-0.15, -0.1) is 0 Å². The third-order valence-electron chi connectivity index (χ3n) is 15.3. The van der Waals surface area contributed by atoms with Crippen LogP contribution >= 0.6 is 58.5 Å². The molecule has 3 saturated heterocycles. The number of hydrogen-bond donors (Lipinski definition) is 1. The van der Waals surface area contributed by atoms with Gasteiger partial charge in [0.05, 0.1) is 40.7 Å². The van der Waals surface area contributed by atoms with Crippen LogP contribution in [0.5, 0.6) is 0 Å². The van der Waals surface area contributed by atoms with Crippen molar-refractivity contribution in [2.45, 2.75) is 48.6 Å². The second-order valence-electron chi connectivity index (χ2n) is 20.6. The molecule has 10 nitrogen and oxygen atoms in total. The molecule has 76 heavy (non-hydrogen) atoms. The third-order valence-corrected chi connectivity index (χ3v) is 19.2. The van der Waals surface area contributed by atoms with Gasteiger partial charge >= 0.3 is 0 Å². The summed E-state index contributed by atoms with van der Waals surface area (Å²) in [6, 6.07) is 47.3. The number of para-hydroxylation sites is 4. The molecule has 0 bridgehead atoms. The number of benzene rings is 6. The zero-order valence-corrected chi connectivity index (χ0v) is 48.4. The lowest BCUT2D eigenvalue weighted by atomic mass is 10.2. The van der Waals surface area contributed by atoms with Gasteiger partial charge in [0.2, 0.25) is 0 Å². The summed E-state index contributed by atoms with van der Waals surface area (Å²) < 4.78 is 0. The Morgan fingerprint density at radius 3 is 0.947 bits per heavy atom. The molecule has 402 valence electrons. The first kappa shape index (κ1) is 55.4. The van der Waals surface area contributed by atoms with Crippen LogP contribution in [0.4, 0.5) is 34.1 Å². The molecule has 0 aromatic heterocycles. The van der Waals surface area contributed by atoms with Crippen molar-refractivity contribution in [1.82, 2.24) is 29.4 Å². The lowest BCUT2D eigenvalue weighted by Gasteiger charge is -2.36. The maximum Gasteiger partial charge on any atom is 0.0567 e. The minimum Gasteiger partial charge on any atom is -0.395 e. The van der Waals surface area contributed by atoms with Crippen molar-refractivity contribution in [3.05, 3.63) is 144 Å². The van der Waals surface area contributed by atoms with E-state index in [-0.39, 0.29) is 6.61 Å². The molecule has 6 aromatic rings. The van der Waals surface area contributed by atoms with Gasteiger partial charge in [0, 0.05) is 144 Å². The number of rotatable bonds is 14. The highest BCUT2D eigenvalue weighted by atomic mass is 35.5. The summed E-state index contributed by atoms with van der Waals surface area (Å²) >= 11 is 18.1. The molecular weight excluding hydrogens is 1040 g/mol. The van der Waals surface area contributed by atoms with Crippen LogP contribution in [0.25, 0.3) is 0 Å². The van der Waals surface area contributed by atoms with Gasteiger partial charge in [-0.3, -0.25) is 4.90 Å². The van der Waals surface area contributed by atoms with Crippen LogP contribution in [0.3, 0.4) is 0 Å². The second-order valence-corrected chi connectivity index (χ2v) is 24.7. The molecule has 15 heteroatoms. The van der Waals surface area contributed by atoms with Crippen molar-refractivity contribution in [1.29, 1.82) is 0 Å². The molecule has 0 amide bonds. The molecule has 0 unspecified atom stereocenters. The average molecular weight is 1120 g/mol. The summed E-state index contributed by atoms with van der Waals surface area (Å²) in [5.41, 5.74) is 7.78. The second kappa shape index (κ2) is 27.3. The number of anilines is 6. The Morgan fingerprint density at radius 1 is 0.342 bits per heavy atom. The predicted molar refractivity (Wildman–Crippen MR) is 324 cm³/mol. The molecule has 6 heterocycles. The highest BCUT2D eigenvalue weighted by Gasteiger charge is 2.27.